The predicted molar refractivity (Wildman–Crippen MR) is 56.8 cm³/mol. The smallest absolute Gasteiger partial charge is 0.321 e. The molecule has 1 fully saturated rings. The maximum absolute atomic E-state index is 10.6. The van der Waals surface area contributed by atoms with Gasteiger partial charge in [-0.25, -0.2) is 0 Å². The van der Waals surface area contributed by atoms with E-state index in [1.165, 1.54) is 0 Å². The molecule has 6 heteroatoms. The molecule has 1 saturated carbocycles. The second-order valence-corrected chi connectivity index (χ2v) is 2.90. The van der Waals surface area contributed by atoms with Crippen LogP contribution in [0.4, 0.5) is 0 Å². The highest BCUT2D eigenvalue weighted by Crippen LogP contribution is 2.38. The Balaban J connectivity index is 0. The molecule has 0 aliphatic heterocycles. The molecule has 0 aromatic rings. The summed E-state index contributed by atoms with van der Waals surface area (Å²) in [6.45, 7) is 0. The molecule has 0 unspecified atom stereocenters. The van der Waals surface area contributed by atoms with Gasteiger partial charge < -0.3 is 10.2 Å². The van der Waals surface area contributed by atoms with Crippen molar-refractivity contribution in [3.8, 4) is 0 Å². The molecule has 1 rings (SSSR count). The molecule has 0 radical (unpaired) electrons. The van der Waals surface area contributed by atoms with E-state index < -0.39 is 17.4 Å². The molecule has 1 aliphatic rings. The summed E-state index contributed by atoms with van der Waals surface area (Å²) in [6.07, 6.45) is 1.96. The summed E-state index contributed by atoms with van der Waals surface area (Å²) < 4.78 is 0. The Morgan fingerprint density at radius 1 is 0.923 bits per heavy atom. The molecule has 4 nitrogen and oxygen atoms in total. The van der Waals surface area contributed by atoms with Gasteiger partial charge in [-0.3, -0.25) is 9.59 Å². The molecule has 1 aliphatic carbocycles. The maximum atomic E-state index is 10.6. The van der Waals surface area contributed by atoms with Crippen LogP contribution in [0.5, 0.6) is 0 Å². The van der Waals surface area contributed by atoms with Crippen molar-refractivity contribution in [1.82, 2.24) is 0 Å². The predicted octanol–water partition coefficient (Wildman–Crippen LogP) is 1.87. The van der Waals surface area contributed by atoms with E-state index in [0.717, 1.165) is 0 Å². The topological polar surface area (TPSA) is 74.6 Å². The van der Waals surface area contributed by atoms with Gasteiger partial charge >= 0.3 is 11.9 Å². The standard InChI is InChI=1S/C7H10O4.2BrH/c8-5(9)7(6(10)11)3-1-2-4-7;;/h1-4H2,(H,8,9)(H,10,11);2*1H. The largest absolute Gasteiger partial charge is 0.480 e. The Labute approximate surface area is 96.9 Å². The van der Waals surface area contributed by atoms with Gasteiger partial charge in [0.05, 0.1) is 0 Å². The first kappa shape index (κ1) is 15.4. The molecule has 0 aromatic heterocycles. The molecule has 0 spiro atoms. The number of hydrogen-bond donors (Lipinski definition) is 2. The van der Waals surface area contributed by atoms with E-state index in [1.54, 1.807) is 0 Å². The summed E-state index contributed by atoms with van der Waals surface area (Å²) in [5.74, 6) is -2.38. The number of carbonyl (C=O) groups is 2. The van der Waals surface area contributed by atoms with E-state index in [0.29, 0.717) is 12.8 Å². The minimum atomic E-state index is -1.47. The van der Waals surface area contributed by atoms with E-state index in [9.17, 15) is 9.59 Å². The van der Waals surface area contributed by atoms with Crippen LogP contribution in [0.1, 0.15) is 25.7 Å². The lowest BCUT2D eigenvalue weighted by Crippen LogP contribution is -2.36. The zero-order valence-corrected chi connectivity index (χ0v) is 10.3. The third-order valence-electron chi connectivity index (χ3n) is 2.28. The van der Waals surface area contributed by atoms with Crippen molar-refractivity contribution >= 4 is 45.9 Å². The van der Waals surface area contributed by atoms with E-state index in [1.807, 2.05) is 0 Å². The minimum Gasteiger partial charge on any atom is -0.480 e. The third kappa shape index (κ3) is 2.67. The van der Waals surface area contributed by atoms with Crippen LogP contribution in [0.2, 0.25) is 0 Å². The highest BCUT2D eigenvalue weighted by molar-refractivity contribution is 8.93. The van der Waals surface area contributed by atoms with Crippen LogP contribution in [0, 0.1) is 5.41 Å². The second-order valence-electron chi connectivity index (χ2n) is 2.90. The van der Waals surface area contributed by atoms with Gasteiger partial charge in [-0.1, -0.05) is 12.8 Å². The molecular weight excluding hydrogens is 308 g/mol. The Kier molecular flexibility index (Phi) is 6.61. The number of carboxylic acids is 2. The first-order chi connectivity index (χ1) is 5.09. The van der Waals surface area contributed by atoms with Crippen molar-refractivity contribution in [3.05, 3.63) is 0 Å². The van der Waals surface area contributed by atoms with Gasteiger partial charge in [-0.05, 0) is 12.8 Å². The summed E-state index contributed by atoms with van der Waals surface area (Å²) in [4.78, 5) is 21.2. The average Bonchev–Trinajstić information content (AvgIpc) is 2.34. The van der Waals surface area contributed by atoms with Gasteiger partial charge in [0, 0.05) is 0 Å². The number of hydrogen-bond acceptors (Lipinski definition) is 2. The van der Waals surface area contributed by atoms with E-state index in [-0.39, 0.29) is 46.8 Å². The molecule has 0 heterocycles. The van der Waals surface area contributed by atoms with Gasteiger partial charge in [0.2, 0.25) is 0 Å². The van der Waals surface area contributed by atoms with Gasteiger partial charge in [0.15, 0.2) is 5.41 Å². The van der Waals surface area contributed by atoms with Crippen LogP contribution in [0.25, 0.3) is 0 Å². The average molecular weight is 320 g/mol. The fourth-order valence-corrected chi connectivity index (χ4v) is 1.50. The van der Waals surface area contributed by atoms with Crippen LogP contribution in [-0.4, -0.2) is 22.2 Å². The molecule has 0 amide bonds. The fraction of sp³-hybridized carbons (Fsp3) is 0.714. The minimum absolute atomic E-state index is 0. The molecule has 13 heavy (non-hydrogen) atoms. The SMILES string of the molecule is Br.Br.O=C(O)C1(C(=O)O)CCCC1. The number of carboxylic acid groups (broad SMARTS) is 2. The summed E-state index contributed by atoms with van der Waals surface area (Å²) in [5.41, 5.74) is -1.47. The van der Waals surface area contributed by atoms with E-state index in [2.05, 4.69) is 0 Å². The van der Waals surface area contributed by atoms with E-state index >= 15 is 0 Å². The lowest BCUT2D eigenvalue weighted by molar-refractivity contribution is -0.164. The van der Waals surface area contributed by atoms with Crippen molar-refractivity contribution in [3.63, 3.8) is 0 Å². The van der Waals surface area contributed by atoms with Gasteiger partial charge in [-0.2, -0.15) is 0 Å². The van der Waals surface area contributed by atoms with Crippen LogP contribution in [-0.2, 0) is 9.59 Å². The van der Waals surface area contributed by atoms with Gasteiger partial charge in [-0.15, -0.1) is 34.0 Å². The van der Waals surface area contributed by atoms with Crippen LogP contribution < -0.4 is 0 Å². The highest BCUT2D eigenvalue weighted by atomic mass is 79.9. The van der Waals surface area contributed by atoms with Crippen molar-refractivity contribution in [2.75, 3.05) is 0 Å². The zero-order chi connectivity index (χ0) is 8.48. The molecule has 0 saturated heterocycles. The lowest BCUT2D eigenvalue weighted by Gasteiger charge is -2.16. The molecular formula is C7H12Br2O4. The number of aliphatic carboxylic acids is 2. The molecule has 2 N–H and O–H groups in total. The summed E-state index contributed by atoms with van der Waals surface area (Å²) in [6, 6.07) is 0. The molecule has 0 aromatic carbocycles. The van der Waals surface area contributed by atoms with Crippen LogP contribution in [0.15, 0.2) is 0 Å². The van der Waals surface area contributed by atoms with E-state index in [4.69, 9.17) is 10.2 Å². The summed E-state index contributed by atoms with van der Waals surface area (Å²) >= 11 is 0. The van der Waals surface area contributed by atoms with Crippen molar-refractivity contribution in [2.24, 2.45) is 5.41 Å². The van der Waals surface area contributed by atoms with Crippen molar-refractivity contribution < 1.29 is 19.8 Å². The highest BCUT2D eigenvalue weighted by Gasteiger charge is 2.48. The second kappa shape index (κ2) is 5.59. The fourth-order valence-electron chi connectivity index (χ4n) is 1.50. The first-order valence-corrected chi connectivity index (χ1v) is 3.56. The molecule has 0 atom stereocenters. The normalized spacial score (nSPS) is 18.2. The Morgan fingerprint density at radius 3 is 1.38 bits per heavy atom. The Bertz CT molecular complexity index is 183. The summed E-state index contributed by atoms with van der Waals surface area (Å²) in [7, 11) is 0. The van der Waals surface area contributed by atoms with Crippen molar-refractivity contribution in [2.45, 2.75) is 25.7 Å². The van der Waals surface area contributed by atoms with Gasteiger partial charge in [0.25, 0.3) is 0 Å². The number of halogens is 2. The quantitative estimate of drug-likeness (QED) is 0.762. The van der Waals surface area contributed by atoms with Gasteiger partial charge in [0.1, 0.15) is 0 Å². The Hall–Kier alpha value is -0.100. The Morgan fingerprint density at radius 2 is 1.23 bits per heavy atom. The van der Waals surface area contributed by atoms with Crippen LogP contribution in [0.3, 0.4) is 0 Å². The third-order valence-corrected chi connectivity index (χ3v) is 2.28. The van der Waals surface area contributed by atoms with Crippen LogP contribution >= 0.6 is 34.0 Å². The zero-order valence-electron chi connectivity index (χ0n) is 6.86. The first-order valence-electron chi connectivity index (χ1n) is 3.56. The molecule has 78 valence electrons. The monoisotopic (exact) mass is 318 g/mol. The lowest BCUT2D eigenvalue weighted by atomic mass is 9.87. The van der Waals surface area contributed by atoms with Crippen molar-refractivity contribution in [1.29, 1.82) is 0 Å². The summed E-state index contributed by atoms with van der Waals surface area (Å²) in [5, 5.41) is 17.3. The maximum Gasteiger partial charge on any atom is 0.321 e. The molecule has 0 bridgehead atoms. The number of rotatable bonds is 2.